The maximum Gasteiger partial charge on any atom is 0.119 e. The van der Waals surface area contributed by atoms with E-state index in [1.54, 1.807) is 7.11 Å². The highest BCUT2D eigenvalue weighted by Crippen LogP contribution is 2.35. The molecular formula is C20H23BrN2O. The molecule has 0 amide bonds. The van der Waals surface area contributed by atoms with Gasteiger partial charge in [0.1, 0.15) is 5.75 Å². The Labute approximate surface area is 151 Å². The number of rotatable bonds is 6. The molecule has 0 spiro atoms. The Morgan fingerprint density at radius 3 is 2.54 bits per heavy atom. The summed E-state index contributed by atoms with van der Waals surface area (Å²) in [5.74, 6) is 0.904. The number of ether oxygens (including phenoxy) is 1. The van der Waals surface area contributed by atoms with E-state index in [9.17, 15) is 0 Å². The standard InChI is InChI=1S/C20H23BrN2O/c1-13-11-16(24-2)12-18-17(5-3-4-10-22)20(23-19(13)18)14-6-8-15(21)9-7-14/h6-9,11-12,23H,3-5,10,22H2,1-2H3. The van der Waals surface area contributed by atoms with Crippen molar-refractivity contribution in [2.24, 2.45) is 5.73 Å². The summed E-state index contributed by atoms with van der Waals surface area (Å²) in [5, 5.41) is 1.25. The molecule has 0 unspecified atom stereocenters. The van der Waals surface area contributed by atoms with Crippen molar-refractivity contribution in [1.29, 1.82) is 0 Å². The van der Waals surface area contributed by atoms with E-state index in [0.717, 1.165) is 36.0 Å². The van der Waals surface area contributed by atoms with Crippen molar-refractivity contribution in [2.45, 2.75) is 26.2 Å². The summed E-state index contributed by atoms with van der Waals surface area (Å²) in [6.45, 7) is 2.86. The molecule has 0 aliphatic rings. The summed E-state index contributed by atoms with van der Waals surface area (Å²) in [6.07, 6.45) is 3.13. The fourth-order valence-electron chi connectivity index (χ4n) is 3.18. The number of aromatic amines is 1. The molecule has 3 nitrogen and oxygen atoms in total. The lowest BCUT2D eigenvalue weighted by molar-refractivity contribution is 0.415. The second-order valence-electron chi connectivity index (χ2n) is 6.10. The second-order valence-corrected chi connectivity index (χ2v) is 7.01. The highest BCUT2D eigenvalue weighted by molar-refractivity contribution is 9.10. The van der Waals surface area contributed by atoms with Gasteiger partial charge in [-0.05, 0) is 73.7 Å². The monoisotopic (exact) mass is 386 g/mol. The van der Waals surface area contributed by atoms with Crippen molar-refractivity contribution in [3.63, 3.8) is 0 Å². The average Bonchev–Trinajstić information content (AvgIpc) is 2.95. The molecule has 0 saturated carbocycles. The molecule has 0 saturated heterocycles. The molecule has 0 atom stereocenters. The smallest absolute Gasteiger partial charge is 0.119 e. The molecule has 2 aromatic carbocycles. The number of nitrogens with two attached hydrogens (primary N) is 1. The SMILES string of the molecule is COc1cc(C)c2[nH]c(-c3ccc(Br)cc3)c(CCCCN)c2c1. The van der Waals surface area contributed by atoms with Crippen molar-refractivity contribution in [3.05, 3.63) is 52.0 Å². The van der Waals surface area contributed by atoms with Gasteiger partial charge in [0.05, 0.1) is 7.11 Å². The molecule has 1 heterocycles. The third-order valence-electron chi connectivity index (χ3n) is 4.44. The third-order valence-corrected chi connectivity index (χ3v) is 4.96. The quantitative estimate of drug-likeness (QED) is 0.572. The number of fused-ring (bicyclic) bond motifs is 1. The summed E-state index contributed by atoms with van der Waals surface area (Å²) in [7, 11) is 1.72. The molecule has 0 bridgehead atoms. The zero-order valence-electron chi connectivity index (χ0n) is 14.2. The fourth-order valence-corrected chi connectivity index (χ4v) is 3.44. The summed E-state index contributed by atoms with van der Waals surface area (Å²) < 4.78 is 6.56. The normalized spacial score (nSPS) is 11.2. The molecule has 0 aliphatic heterocycles. The van der Waals surface area contributed by atoms with Crippen molar-refractivity contribution in [3.8, 4) is 17.0 Å². The maximum absolute atomic E-state index is 5.68. The van der Waals surface area contributed by atoms with E-state index < -0.39 is 0 Å². The zero-order chi connectivity index (χ0) is 17.1. The lowest BCUT2D eigenvalue weighted by Gasteiger charge is -2.06. The van der Waals surface area contributed by atoms with Gasteiger partial charge in [-0.3, -0.25) is 0 Å². The Morgan fingerprint density at radius 1 is 1.12 bits per heavy atom. The molecule has 3 aromatic rings. The number of hydrogen-bond acceptors (Lipinski definition) is 2. The van der Waals surface area contributed by atoms with Crippen LogP contribution in [0.3, 0.4) is 0 Å². The van der Waals surface area contributed by atoms with Crippen LogP contribution in [0.5, 0.6) is 5.75 Å². The van der Waals surface area contributed by atoms with E-state index in [2.05, 4.69) is 64.2 Å². The molecular weight excluding hydrogens is 364 g/mol. The molecule has 3 N–H and O–H groups in total. The van der Waals surface area contributed by atoms with E-state index in [1.807, 2.05) is 0 Å². The number of nitrogens with one attached hydrogen (secondary N) is 1. The number of aryl methyl sites for hydroxylation is 2. The van der Waals surface area contributed by atoms with Crippen molar-refractivity contribution >= 4 is 26.8 Å². The topological polar surface area (TPSA) is 51.0 Å². The van der Waals surface area contributed by atoms with Gasteiger partial charge in [-0.1, -0.05) is 28.1 Å². The highest BCUT2D eigenvalue weighted by Gasteiger charge is 2.15. The Balaban J connectivity index is 2.17. The summed E-state index contributed by atoms with van der Waals surface area (Å²) >= 11 is 3.51. The van der Waals surface area contributed by atoms with Gasteiger partial charge in [0.15, 0.2) is 0 Å². The summed E-state index contributed by atoms with van der Waals surface area (Å²) in [6, 6.07) is 12.7. The maximum atomic E-state index is 5.68. The van der Waals surface area contributed by atoms with Gasteiger partial charge in [0.25, 0.3) is 0 Å². The number of H-pyrrole nitrogens is 1. The average molecular weight is 387 g/mol. The number of hydrogen-bond donors (Lipinski definition) is 2. The largest absolute Gasteiger partial charge is 0.497 e. The fraction of sp³-hybridized carbons (Fsp3) is 0.300. The Bertz CT molecular complexity index is 837. The zero-order valence-corrected chi connectivity index (χ0v) is 15.7. The van der Waals surface area contributed by atoms with Gasteiger partial charge in [-0.2, -0.15) is 0 Å². The minimum absolute atomic E-state index is 0.734. The van der Waals surface area contributed by atoms with Gasteiger partial charge >= 0.3 is 0 Å². The van der Waals surface area contributed by atoms with E-state index >= 15 is 0 Å². The van der Waals surface area contributed by atoms with Crippen LogP contribution in [0, 0.1) is 6.92 Å². The van der Waals surface area contributed by atoms with Gasteiger partial charge in [-0.15, -0.1) is 0 Å². The first-order valence-electron chi connectivity index (χ1n) is 8.29. The molecule has 0 radical (unpaired) electrons. The minimum Gasteiger partial charge on any atom is -0.497 e. The van der Waals surface area contributed by atoms with E-state index in [1.165, 1.54) is 33.3 Å². The molecule has 0 aliphatic carbocycles. The number of unbranched alkanes of at least 4 members (excludes halogenated alkanes) is 1. The van der Waals surface area contributed by atoms with Gasteiger partial charge in [-0.25, -0.2) is 0 Å². The van der Waals surface area contributed by atoms with Crippen LogP contribution in [0.1, 0.15) is 24.0 Å². The summed E-state index contributed by atoms with van der Waals surface area (Å²) in [5.41, 5.74) is 11.8. The number of benzene rings is 2. The van der Waals surface area contributed by atoms with Crippen LogP contribution in [0.4, 0.5) is 0 Å². The molecule has 1 aromatic heterocycles. The minimum atomic E-state index is 0.734. The number of methoxy groups -OCH3 is 1. The lowest BCUT2D eigenvalue weighted by atomic mass is 9.99. The van der Waals surface area contributed by atoms with Crippen LogP contribution in [-0.4, -0.2) is 18.6 Å². The van der Waals surface area contributed by atoms with E-state index in [-0.39, 0.29) is 0 Å². The number of halogens is 1. The molecule has 3 rings (SSSR count). The van der Waals surface area contributed by atoms with Crippen LogP contribution in [0.15, 0.2) is 40.9 Å². The van der Waals surface area contributed by atoms with Gasteiger partial charge < -0.3 is 15.5 Å². The van der Waals surface area contributed by atoms with Crippen LogP contribution in [-0.2, 0) is 6.42 Å². The van der Waals surface area contributed by atoms with Crippen LogP contribution in [0.25, 0.3) is 22.2 Å². The molecule has 24 heavy (non-hydrogen) atoms. The second kappa shape index (κ2) is 7.41. The molecule has 126 valence electrons. The van der Waals surface area contributed by atoms with E-state index in [4.69, 9.17) is 10.5 Å². The predicted molar refractivity (Wildman–Crippen MR) is 105 cm³/mol. The summed E-state index contributed by atoms with van der Waals surface area (Å²) in [4.78, 5) is 3.64. The first kappa shape index (κ1) is 17.1. The third kappa shape index (κ3) is 3.35. The van der Waals surface area contributed by atoms with Gasteiger partial charge in [0, 0.05) is 21.1 Å². The highest BCUT2D eigenvalue weighted by atomic mass is 79.9. The van der Waals surface area contributed by atoms with Gasteiger partial charge in [0.2, 0.25) is 0 Å². The Morgan fingerprint density at radius 2 is 1.88 bits per heavy atom. The van der Waals surface area contributed by atoms with Crippen molar-refractivity contribution in [1.82, 2.24) is 4.98 Å². The lowest BCUT2D eigenvalue weighted by Crippen LogP contribution is -1.99. The Hall–Kier alpha value is -1.78. The Kier molecular flexibility index (Phi) is 5.27. The molecule has 4 heteroatoms. The molecule has 0 fully saturated rings. The van der Waals surface area contributed by atoms with Crippen molar-refractivity contribution < 1.29 is 4.74 Å². The van der Waals surface area contributed by atoms with Crippen LogP contribution >= 0.6 is 15.9 Å². The predicted octanol–water partition coefficient (Wildman–Crippen LogP) is 5.20. The van der Waals surface area contributed by atoms with E-state index in [0.29, 0.717) is 0 Å². The first-order chi connectivity index (χ1) is 11.6. The first-order valence-corrected chi connectivity index (χ1v) is 9.08. The van der Waals surface area contributed by atoms with Crippen molar-refractivity contribution in [2.75, 3.05) is 13.7 Å². The van der Waals surface area contributed by atoms with Crippen LogP contribution < -0.4 is 10.5 Å². The number of aromatic nitrogens is 1. The van der Waals surface area contributed by atoms with Crippen LogP contribution in [0.2, 0.25) is 0 Å².